The standard InChI is InChI=1S/C31H29Cl2F2N3O3/c1-30(2,3)15-18-16-38(29(40)37-25-11-6-5-8-20(25)28(39)41-4)27(21-9-7-10-23(33)26(21)35)31(18,17-36)22-13-12-19(32)14-24(22)34/h5-14,18,27H,15-16H2,1-4H3,(H,37,40)/t18-,27-,31-/m1/s1. The van der Waals surface area contributed by atoms with Crippen LogP contribution in [0.1, 0.15) is 54.7 Å². The van der Waals surface area contributed by atoms with Crippen LogP contribution in [0.3, 0.4) is 0 Å². The molecule has 0 aliphatic carbocycles. The van der Waals surface area contributed by atoms with Gasteiger partial charge in [0.05, 0.1) is 35.5 Å². The van der Waals surface area contributed by atoms with Crippen molar-refractivity contribution in [1.82, 2.24) is 4.90 Å². The fraction of sp³-hybridized carbons (Fsp3) is 0.323. The van der Waals surface area contributed by atoms with E-state index in [2.05, 4.69) is 11.4 Å². The first-order valence-electron chi connectivity index (χ1n) is 12.9. The third-order valence-electron chi connectivity index (χ3n) is 7.34. The molecule has 41 heavy (non-hydrogen) atoms. The molecule has 10 heteroatoms. The molecular formula is C31H29Cl2F2N3O3. The van der Waals surface area contributed by atoms with Gasteiger partial charge in [-0.05, 0) is 42.2 Å². The number of ether oxygens (including phenoxy) is 1. The first kappa shape index (κ1) is 30.3. The van der Waals surface area contributed by atoms with Gasteiger partial charge in [0.25, 0.3) is 0 Å². The number of likely N-dealkylation sites (tertiary alicyclic amines) is 1. The Morgan fingerprint density at radius 1 is 1.12 bits per heavy atom. The zero-order valence-electron chi connectivity index (χ0n) is 23.0. The van der Waals surface area contributed by atoms with Crippen molar-refractivity contribution in [3.05, 3.63) is 99.0 Å². The molecule has 3 aromatic rings. The van der Waals surface area contributed by atoms with Gasteiger partial charge in [-0.15, -0.1) is 0 Å². The predicted octanol–water partition coefficient (Wildman–Crippen LogP) is 8.16. The van der Waals surface area contributed by atoms with Crippen molar-refractivity contribution in [1.29, 1.82) is 5.26 Å². The molecule has 6 nitrogen and oxygen atoms in total. The van der Waals surface area contributed by atoms with Crippen molar-refractivity contribution in [3.63, 3.8) is 0 Å². The van der Waals surface area contributed by atoms with E-state index in [1.54, 1.807) is 12.1 Å². The van der Waals surface area contributed by atoms with Gasteiger partial charge in [0.1, 0.15) is 17.0 Å². The summed E-state index contributed by atoms with van der Waals surface area (Å²) in [6.45, 7) is 5.89. The van der Waals surface area contributed by atoms with E-state index in [9.17, 15) is 14.9 Å². The van der Waals surface area contributed by atoms with Gasteiger partial charge in [-0.25, -0.2) is 18.4 Å². The average Bonchev–Trinajstić information content (AvgIpc) is 3.23. The third kappa shape index (κ3) is 5.74. The Morgan fingerprint density at radius 3 is 2.46 bits per heavy atom. The van der Waals surface area contributed by atoms with Gasteiger partial charge in [0, 0.05) is 28.6 Å². The average molecular weight is 600 g/mol. The second kappa shape index (κ2) is 11.7. The molecule has 4 rings (SSSR count). The van der Waals surface area contributed by atoms with Gasteiger partial charge in [0.15, 0.2) is 0 Å². The van der Waals surface area contributed by atoms with Gasteiger partial charge in [-0.1, -0.05) is 74.3 Å². The first-order valence-corrected chi connectivity index (χ1v) is 13.6. The predicted molar refractivity (Wildman–Crippen MR) is 154 cm³/mol. The molecule has 1 fully saturated rings. The molecule has 1 N–H and O–H groups in total. The smallest absolute Gasteiger partial charge is 0.339 e. The second-order valence-electron chi connectivity index (χ2n) is 11.2. The highest BCUT2D eigenvalue weighted by Crippen LogP contribution is 2.56. The van der Waals surface area contributed by atoms with Crippen molar-refractivity contribution in [2.24, 2.45) is 11.3 Å². The fourth-order valence-electron chi connectivity index (χ4n) is 5.74. The number of urea groups is 1. The van der Waals surface area contributed by atoms with Crippen LogP contribution in [0.5, 0.6) is 0 Å². The van der Waals surface area contributed by atoms with Crippen LogP contribution in [0.2, 0.25) is 10.0 Å². The minimum atomic E-state index is -1.73. The number of nitrogens with one attached hydrogen (secondary N) is 1. The van der Waals surface area contributed by atoms with E-state index in [0.29, 0.717) is 6.42 Å². The topological polar surface area (TPSA) is 82.4 Å². The molecule has 0 bridgehead atoms. The van der Waals surface area contributed by atoms with Crippen molar-refractivity contribution >= 4 is 40.9 Å². The summed E-state index contributed by atoms with van der Waals surface area (Å²) in [5.41, 5.74) is -1.86. The molecule has 3 atom stereocenters. The number of hydrogen-bond acceptors (Lipinski definition) is 4. The van der Waals surface area contributed by atoms with E-state index >= 15 is 8.78 Å². The number of halogens is 4. The molecule has 1 heterocycles. The second-order valence-corrected chi connectivity index (χ2v) is 12.1. The summed E-state index contributed by atoms with van der Waals surface area (Å²) in [6.07, 6.45) is 0.393. The third-order valence-corrected chi connectivity index (χ3v) is 7.86. The maximum Gasteiger partial charge on any atom is 0.339 e. The number of para-hydroxylation sites is 1. The van der Waals surface area contributed by atoms with Crippen molar-refractivity contribution in [3.8, 4) is 6.07 Å². The van der Waals surface area contributed by atoms with Crippen LogP contribution >= 0.6 is 23.2 Å². The van der Waals surface area contributed by atoms with E-state index in [0.717, 1.165) is 6.07 Å². The lowest BCUT2D eigenvalue weighted by Crippen LogP contribution is -2.42. The number of benzene rings is 3. The molecule has 0 saturated carbocycles. The summed E-state index contributed by atoms with van der Waals surface area (Å²) in [6, 6.07) is 14.9. The molecule has 0 unspecified atom stereocenters. The Labute approximate surface area is 247 Å². The summed E-state index contributed by atoms with van der Waals surface area (Å²) in [5, 5.41) is 13.6. The maximum atomic E-state index is 15.8. The van der Waals surface area contributed by atoms with E-state index in [-0.39, 0.29) is 44.4 Å². The number of hydrogen-bond donors (Lipinski definition) is 1. The van der Waals surface area contributed by atoms with Crippen molar-refractivity contribution < 1.29 is 23.1 Å². The van der Waals surface area contributed by atoms with Gasteiger partial charge in [0.2, 0.25) is 0 Å². The number of esters is 1. The lowest BCUT2D eigenvalue weighted by Gasteiger charge is -2.38. The normalized spacial score (nSPS) is 20.4. The minimum absolute atomic E-state index is 0.00622. The molecule has 0 aromatic heterocycles. The molecule has 1 aliphatic rings. The number of carbonyl (C=O) groups is 2. The highest BCUT2D eigenvalue weighted by atomic mass is 35.5. The highest BCUT2D eigenvalue weighted by Gasteiger charge is 2.60. The summed E-state index contributed by atoms with van der Waals surface area (Å²) in [4.78, 5) is 27.7. The van der Waals surface area contributed by atoms with Crippen LogP contribution < -0.4 is 5.32 Å². The largest absolute Gasteiger partial charge is 0.465 e. The zero-order valence-corrected chi connectivity index (χ0v) is 24.5. The van der Waals surface area contributed by atoms with Crippen LogP contribution in [0.4, 0.5) is 19.3 Å². The number of rotatable bonds is 5. The van der Waals surface area contributed by atoms with Gasteiger partial charge in [-0.2, -0.15) is 5.26 Å². The van der Waals surface area contributed by atoms with Crippen LogP contribution in [-0.4, -0.2) is 30.6 Å². The van der Waals surface area contributed by atoms with Crippen LogP contribution in [0, 0.1) is 34.3 Å². The van der Waals surface area contributed by atoms with Gasteiger partial charge < -0.3 is 15.0 Å². The number of carbonyl (C=O) groups excluding carboxylic acids is 2. The molecule has 1 saturated heterocycles. The van der Waals surface area contributed by atoms with Crippen LogP contribution in [0.15, 0.2) is 60.7 Å². The highest BCUT2D eigenvalue weighted by molar-refractivity contribution is 6.31. The molecule has 0 radical (unpaired) electrons. The number of amides is 2. The fourth-order valence-corrected chi connectivity index (χ4v) is 6.08. The monoisotopic (exact) mass is 599 g/mol. The molecular weight excluding hydrogens is 571 g/mol. The van der Waals surface area contributed by atoms with Crippen molar-refractivity contribution in [2.75, 3.05) is 19.0 Å². The van der Waals surface area contributed by atoms with Gasteiger partial charge >= 0.3 is 12.0 Å². The van der Waals surface area contributed by atoms with Crippen LogP contribution in [-0.2, 0) is 10.2 Å². The molecule has 0 spiro atoms. The summed E-state index contributed by atoms with van der Waals surface area (Å²) < 4.78 is 36.4. The lowest BCUT2D eigenvalue weighted by molar-refractivity contribution is 0.0602. The summed E-state index contributed by atoms with van der Waals surface area (Å²) >= 11 is 12.2. The minimum Gasteiger partial charge on any atom is -0.465 e. The molecule has 1 aliphatic heterocycles. The summed E-state index contributed by atoms with van der Waals surface area (Å²) in [7, 11) is 1.22. The summed E-state index contributed by atoms with van der Waals surface area (Å²) in [5.74, 6) is -2.87. The van der Waals surface area contributed by atoms with E-state index in [1.165, 1.54) is 54.5 Å². The van der Waals surface area contributed by atoms with Gasteiger partial charge in [-0.3, -0.25) is 0 Å². The maximum absolute atomic E-state index is 15.8. The van der Waals surface area contributed by atoms with E-state index < -0.39 is 41.0 Å². The van der Waals surface area contributed by atoms with Crippen molar-refractivity contribution in [2.45, 2.75) is 38.6 Å². The molecule has 2 amide bonds. The Hall–Kier alpha value is -3.67. The van der Waals surface area contributed by atoms with E-state index in [1.807, 2.05) is 20.8 Å². The molecule has 214 valence electrons. The number of nitrogens with zero attached hydrogens (tertiary/aromatic N) is 2. The number of nitriles is 1. The Bertz CT molecular complexity index is 1540. The Morgan fingerprint density at radius 2 is 1.83 bits per heavy atom. The SMILES string of the molecule is COC(=O)c1ccccc1NC(=O)N1C[C@@H](CC(C)(C)C)[C@](C#N)(c2ccc(Cl)cc2F)[C@H]1c1cccc(Cl)c1F. The zero-order chi connectivity index (χ0) is 30.1. The first-order chi connectivity index (χ1) is 19.3. The quantitative estimate of drug-likeness (QED) is 0.300. The Kier molecular flexibility index (Phi) is 8.62. The van der Waals surface area contributed by atoms with E-state index in [4.69, 9.17) is 27.9 Å². The Balaban J connectivity index is 1.96. The number of anilines is 1. The molecule has 3 aromatic carbocycles. The number of methoxy groups -OCH3 is 1. The van der Waals surface area contributed by atoms with Crippen LogP contribution in [0.25, 0.3) is 0 Å². The lowest BCUT2D eigenvalue weighted by atomic mass is 9.63.